The molecular formula is C15H16N2. The lowest BCUT2D eigenvalue weighted by Gasteiger charge is -2.00. The van der Waals surface area contributed by atoms with Crippen molar-refractivity contribution in [2.75, 3.05) is 0 Å². The molecule has 0 aromatic heterocycles. The molecule has 0 aliphatic carbocycles. The lowest BCUT2D eigenvalue weighted by molar-refractivity contribution is 1.06. The summed E-state index contributed by atoms with van der Waals surface area (Å²) in [4.78, 5) is 4.31. The van der Waals surface area contributed by atoms with Gasteiger partial charge in [0.15, 0.2) is 0 Å². The molecule has 86 valence electrons. The predicted molar refractivity (Wildman–Crippen MR) is 72.6 cm³/mol. The SMILES string of the molecule is C=CCC/C=C\C=Nc1c(C)cccc1C#N. The van der Waals surface area contributed by atoms with E-state index in [9.17, 15) is 0 Å². The summed E-state index contributed by atoms with van der Waals surface area (Å²) in [5.41, 5.74) is 2.38. The van der Waals surface area contributed by atoms with Gasteiger partial charge in [0.1, 0.15) is 6.07 Å². The van der Waals surface area contributed by atoms with E-state index in [2.05, 4.69) is 17.6 Å². The third-order valence-electron chi connectivity index (χ3n) is 2.32. The Morgan fingerprint density at radius 1 is 1.41 bits per heavy atom. The zero-order valence-corrected chi connectivity index (χ0v) is 10.1. The fraction of sp³-hybridized carbons (Fsp3) is 0.200. The minimum Gasteiger partial charge on any atom is -0.255 e. The maximum Gasteiger partial charge on any atom is 0.101 e. The second-order valence-electron chi connectivity index (χ2n) is 3.66. The Kier molecular flexibility index (Phi) is 5.46. The van der Waals surface area contributed by atoms with Gasteiger partial charge < -0.3 is 0 Å². The molecule has 0 saturated heterocycles. The summed E-state index contributed by atoms with van der Waals surface area (Å²) in [6.07, 6.45) is 9.49. The smallest absolute Gasteiger partial charge is 0.101 e. The monoisotopic (exact) mass is 224 g/mol. The topological polar surface area (TPSA) is 36.1 Å². The van der Waals surface area contributed by atoms with E-state index in [1.54, 1.807) is 12.3 Å². The predicted octanol–water partition coefficient (Wildman–Crippen LogP) is 4.09. The van der Waals surface area contributed by atoms with E-state index in [1.807, 2.05) is 37.3 Å². The highest BCUT2D eigenvalue weighted by Gasteiger charge is 2.01. The standard InChI is InChI=1S/C15H16N2/c1-3-4-5-6-7-11-17-15-13(2)9-8-10-14(15)12-16/h3,6-11H,1,4-5H2,2H3/b7-6-,17-11?. The molecule has 0 radical (unpaired) electrons. The third-order valence-corrected chi connectivity index (χ3v) is 2.32. The van der Waals surface area contributed by atoms with Crippen molar-refractivity contribution in [2.45, 2.75) is 19.8 Å². The first-order chi connectivity index (χ1) is 8.29. The van der Waals surface area contributed by atoms with Crippen molar-refractivity contribution in [1.29, 1.82) is 5.26 Å². The molecule has 0 atom stereocenters. The average molecular weight is 224 g/mol. The molecule has 1 aromatic rings. The second kappa shape index (κ2) is 7.19. The normalized spacial score (nSPS) is 10.8. The molecule has 0 unspecified atom stereocenters. The molecule has 1 aromatic carbocycles. The summed E-state index contributed by atoms with van der Waals surface area (Å²) in [7, 11) is 0. The highest BCUT2D eigenvalue weighted by molar-refractivity contribution is 5.76. The van der Waals surface area contributed by atoms with E-state index >= 15 is 0 Å². The fourth-order valence-electron chi connectivity index (χ4n) is 1.41. The quantitative estimate of drug-likeness (QED) is 0.421. The van der Waals surface area contributed by atoms with Crippen molar-refractivity contribution in [2.24, 2.45) is 4.99 Å². The van der Waals surface area contributed by atoms with Crippen LogP contribution in [0.1, 0.15) is 24.0 Å². The number of hydrogen-bond acceptors (Lipinski definition) is 2. The van der Waals surface area contributed by atoms with Gasteiger partial charge in [0.25, 0.3) is 0 Å². The molecule has 0 saturated carbocycles. The zero-order valence-electron chi connectivity index (χ0n) is 10.1. The Balaban J connectivity index is 2.74. The number of benzene rings is 1. The summed E-state index contributed by atoms with van der Waals surface area (Å²) in [5, 5.41) is 8.96. The number of para-hydroxylation sites is 1. The summed E-state index contributed by atoms with van der Waals surface area (Å²) >= 11 is 0. The van der Waals surface area contributed by atoms with Crippen LogP contribution in [-0.2, 0) is 0 Å². The van der Waals surface area contributed by atoms with E-state index in [0.717, 1.165) is 24.1 Å². The lowest BCUT2D eigenvalue weighted by Crippen LogP contribution is -1.81. The Labute approximate surface area is 103 Å². The maximum atomic E-state index is 8.96. The van der Waals surface area contributed by atoms with E-state index in [0.29, 0.717) is 5.56 Å². The molecule has 1 rings (SSSR count). The molecular weight excluding hydrogens is 208 g/mol. The second-order valence-corrected chi connectivity index (χ2v) is 3.66. The number of nitrogens with zero attached hydrogens (tertiary/aromatic N) is 2. The first kappa shape index (κ1) is 12.9. The van der Waals surface area contributed by atoms with Crippen molar-refractivity contribution in [3.8, 4) is 6.07 Å². The largest absolute Gasteiger partial charge is 0.255 e. The first-order valence-corrected chi connectivity index (χ1v) is 5.59. The molecule has 2 heteroatoms. The number of hydrogen-bond donors (Lipinski definition) is 0. The zero-order chi connectivity index (χ0) is 12.5. The van der Waals surface area contributed by atoms with Gasteiger partial charge in [-0.2, -0.15) is 5.26 Å². The van der Waals surface area contributed by atoms with E-state index < -0.39 is 0 Å². The molecule has 0 fully saturated rings. The van der Waals surface area contributed by atoms with Crippen molar-refractivity contribution in [1.82, 2.24) is 0 Å². The lowest BCUT2D eigenvalue weighted by atomic mass is 10.1. The average Bonchev–Trinajstić information content (AvgIpc) is 2.35. The Morgan fingerprint density at radius 3 is 2.94 bits per heavy atom. The van der Waals surface area contributed by atoms with Crippen LogP contribution in [0.3, 0.4) is 0 Å². The van der Waals surface area contributed by atoms with Crippen molar-refractivity contribution in [3.63, 3.8) is 0 Å². The molecule has 0 spiro atoms. The minimum absolute atomic E-state index is 0.612. The molecule has 0 aliphatic rings. The van der Waals surface area contributed by atoms with E-state index in [1.165, 1.54) is 0 Å². The van der Waals surface area contributed by atoms with Gasteiger partial charge in [0, 0.05) is 6.21 Å². The van der Waals surface area contributed by atoms with E-state index in [4.69, 9.17) is 5.26 Å². The van der Waals surface area contributed by atoms with Crippen molar-refractivity contribution in [3.05, 3.63) is 54.1 Å². The Hall–Kier alpha value is -2.14. The summed E-state index contributed by atoms with van der Waals surface area (Å²) in [5.74, 6) is 0. The van der Waals surface area contributed by atoms with Gasteiger partial charge in [-0.25, -0.2) is 0 Å². The summed E-state index contributed by atoms with van der Waals surface area (Å²) in [6.45, 7) is 5.61. The van der Waals surface area contributed by atoms with Crippen LogP contribution in [0.25, 0.3) is 0 Å². The maximum absolute atomic E-state index is 8.96. The number of aliphatic imine (C=N–C) groups is 1. The van der Waals surface area contributed by atoms with Crippen molar-refractivity contribution < 1.29 is 0 Å². The summed E-state index contributed by atoms with van der Waals surface area (Å²) < 4.78 is 0. The van der Waals surface area contributed by atoms with E-state index in [-0.39, 0.29) is 0 Å². The van der Waals surface area contributed by atoms with Gasteiger partial charge in [-0.05, 0) is 37.5 Å². The molecule has 0 amide bonds. The number of rotatable bonds is 5. The molecule has 0 bridgehead atoms. The van der Waals surface area contributed by atoms with Crippen LogP contribution in [0.2, 0.25) is 0 Å². The highest BCUT2D eigenvalue weighted by atomic mass is 14.7. The fourth-order valence-corrected chi connectivity index (χ4v) is 1.41. The van der Waals surface area contributed by atoms with Crippen LogP contribution in [0, 0.1) is 18.3 Å². The van der Waals surface area contributed by atoms with Gasteiger partial charge in [0.05, 0.1) is 11.3 Å². The van der Waals surface area contributed by atoms with Gasteiger partial charge in [-0.1, -0.05) is 24.3 Å². The molecule has 17 heavy (non-hydrogen) atoms. The molecule has 0 heterocycles. The first-order valence-electron chi connectivity index (χ1n) is 5.59. The Bertz CT molecular complexity index is 476. The van der Waals surface area contributed by atoms with Gasteiger partial charge in [-0.15, -0.1) is 6.58 Å². The summed E-state index contributed by atoms with van der Waals surface area (Å²) in [6, 6.07) is 7.75. The number of allylic oxidation sites excluding steroid dienone is 3. The van der Waals surface area contributed by atoms with Gasteiger partial charge in [0.2, 0.25) is 0 Å². The highest BCUT2D eigenvalue weighted by Crippen LogP contribution is 2.22. The van der Waals surface area contributed by atoms with Crippen LogP contribution in [0.4, 0.5) is 5.69 Å². The number of aryl methyl sites for hydroxylation is 1. The third kappa shape index (κ3) is 4.08. The van der Waals surface area contributed by atoms with Crippen LogP contribution >= 0.6 is 0 Å². The van der Waals surface area contributed by atoms with Crippen LogP contribution < -0.4 is 0 Å². The Morgan fingerprint density at radius 2 is 2.24 bits per heavy atom. The molecule has 2 nitrogen and oxygen atoms in total. The van der Waals surface area contributed by atoms with Crippen molar-refractivity contribution >= 4 is 11.9 Å². The molecule has 0 N–H and O–H groups in total. The van der Waals surface area contributed by atoms with Gasteiger partial charge in [-0.3, -0.25) is 4.99 Å². The van der Waals surface area contributed by atoms with Crippen LogP contribution in [0.5, 0.6) is 0 Å². The minimum atomic E-state index is 0.612. The number of unbranched alkanes of at least 4 members (excludes halogenated alkanes) is 1. The molecule has 0 aliphatic heterocycles. The van der Waals surface area contributed by atoms with Gasteiger partial charge >= 0.3 is 0 Å². The number of nitriles is 1. The van der Waals surface area contributed by atoms with Crippen LogP contribution in [0.15, 0.2) is 48.0 Å². The van der Waals surface area contributed by atoms with Crippen LogP contribution in [-0.4, -0.2) is 6.21 Å².